The molecule has 0 radical (unpaired) electrons. The van der Waals surface area contributed by atoms with E-state index in [4.69, 9.17) is 5.73 Å². The fourth-order valence-corrected chi connectivity index (χ4v) is 1.62. The zero-order valence-corrected chi connectivity index (χ0v) is 10.9. The Kier molecular flexibility index (Phi) is 6.41. The van der Waals surface area contributed by atoms with Crippen LogP contribution in [0.5, 0.6) is 0 Å². The highest BCUT2D eigenvalue weighted by atomic mass is 79.9. The predicted octanol–water partition coefficient (Wildman–Crippen LogP) is 3.92. The van der Waals surface area contributed by atoms with Crippen molar-refractivity contribution in [3.8, 4) is 0 Å². The summed E-state index contributed by atoms with van der Waals surface area (Å²) in [5.41, 5.74) is 7.25. The molecule has 1 rings (SSSR count). The van der Waals surface area contributed by atoms with E-state index in [9.17, 15) is 0 Å². The van der Waals surface area contributed by atoms with E-state index in [2.05, 4.69) is 41.9 Å². The zero-order valence-electron chi connectivity index (χ0n) is 8.53. The predicted molar refractivity (Wildman–Crippen MR) is 67.8 cm³/mol. The molecule has 1 aromatic carbocycles. The van der Waals surface area contributed by atoms with Crippen LogP contribution in [0, 0.1) is 5.92 Å². The van der Waals surface area contributed by atoms with E-state index < -0.39 is 0 Å². The van der Waals surface area contributed by atoms with Gasteiger partial charge in [0.15, 0.2) is 0 Å². The Balaban J connectivity index is 0.00000169. The van der Waals surface area contributed by atoms with Crippen molar-refractivity contribution in [2.75, 3.05) is 0 Å². The van der Waals surface area contributed by atoms with Gasteiger partial charge >= 0.3 is 0 Å². The quantitative estimate of drug-likeness (QED) is 0.891. The smallest absolute Gasteiger partial charge is 0.0297 e. The van der Waals surface area contributed by atoms with Gasteiger partial charge in [-0.2, -0.15) is 0 Å². The van der Waals surface area contributed by atoms with Crippen LogP contribution in [0.3, 0.4) is 0 Å². The molecular formula is C11H17BrClN. The van der Waals surface area contributed by atoms with Crippen LogP contribution < -0.4 is 5.73 Å². The van der Waals surface area contributed by atoms with Crippen LogP contribution in [0.15, 0.2) is 28.7 Å². The molecule has 1 nitrogen and oxygen atoms in total. The summed E-state index contributed by atoms with van der Waals surface area (Å²) in [5.74, 6) is 0.652. The maximum absolute atomic E-state index is 6.03. The van der Waals surface area contributed by atoms with Gasteiger partial charge in [0.05, 0.1) is 0 Å². The van der Waals surface area contributed by atoms with Gasteiger partial charge in [0.1, 0.15) is 0 Å². The average molecular weight is 279 g/mol. The fourth-order valence-electron chi connectivity index (χ4n) is 1.35. The minimum atomic E-state index is 0. The molecule has 14 heavy (non-hydrogen) atoms. The molecule has 3 heteroatoms. The van der Waals surface area contributed by atoms with Gasteiger partial charge in [0, 0.05) is 10.5 Å². The summed E-state index contributed by atoms with van der Waals surface area (Å²) in [7, 11) is 0. The second-order valence-electron chi connectivity index (χ2n) is 3.79. The Morgan fingerprint density at radius 2 is 1.71 bits per heavy atom. The van der Waals surface area contributed by atoms with E-state index >= 15 is 0 Å². The first-order chi connectivity index (χ1) is 6.09. The first-order valence-corrected chi connectivity index (χ1v) is 5.40. The van der Waals surface area contributed by atoms with E-state index in [0.717, 1.165) is 10.9 Å². The summed E-state index contributed by atoms with van der Waals surface area (Å²) in [6.45, 7) is 4.39. The molecule has 1 atom stereocenters. The molecule has 0 saturated heterocycles. The molecular weight excluding hydrogens is 261 g/mol. The van der Waals surface area contributed by atoms with Crippen molar-refractivity contribution in [3.63, 3.8) is 0 Å². The number of hydrogen-bond acceptors (Lipinski definition) is 1. The van der Waals surface area contributed by atoms with Crippen LogP contribution in [0.1, 0.15) is 31.9 Å². The van der Waals surface area contributed by atoms with Crippen LogP contribution in [-0.4, -0.2) is 0 Å². The lowest BCUT2D eigenvalue weighted by molar-refractivity contribution is 0.510. The first kappa shape index (κ1) is 13.9. The largest absolute Gasteiger partial charge is 0.324 e. The average Bonchev–Trinajstić information content (AvgIpc) is 2.04. The van der Waals surface area contributed by atoms with E-state index in [1.54, 1.807) is 0 Å². The minimum absolute atomic E-state index is 0. The molecule has 1 aromatic rings. The Morgan fingerprint density at radius 1 is 1.21 bits per heavy atom. The first-order valence-electron chi connectivity index (χ1n) is 4.60. The van der Waals surface area contributed by atoms with E-state index in [1.165, 1.54) is 5.56 Å². The maximum Gasteiger partial charge on any atom is 0.0297 e. The lowest BCUT2D eigenvalue weighted by atomic mass is 9.98. The molecule has 0 saturated carbocycles. The summed E-state index contributed by atoms with van der Waals surface area (Å²) in [6.07, 6.45) is 1.04. The standard InChI is InChI=1S/C11H16BrN.ClH/c1-8(2)7-11(13)9-3-5-10(12)6-4-9;/h3-6,8,11H,7,13H2,1-2H3;1H/t11-;/m0./s1. The van der Waals surface area contributed by atoms with E-state index in [-0.39, 0.29) is 18.4 Å². The Morgan fingerprint density at radius 3 is 2.14 bits per heavy atom. The van der Waals surface area contributed by atoms with Crippen LogP contribution in [0.4, 0.5) is 0 Å². The third-order valence-corrected chi connectivity index (χ3v) is 2.55. The normalized spacial score (nSPS) is 12.4. The van der Waals surface area contributed by atoms with Gasteiger partial charge in [0.2, 0.25) is 0 Å². The number of rotatable bonds is 3. The van der Waals surface area contributed by atoms with Crippen LogP contribution in [-0.2, 0) is 0 Å². The zero-order chi connectivity index (χ0) is 9.84. The van der Waals surface area contributed by atoms with Crippen LogP contribution in [0.25, 0.3) is 0 Å². The Labute approximate surface area is 101 Å². The van der Waals surface area contributed by atoms with Crippen molar-refractivity contribution in [1.82, 2.24) is 0 Å². The summed E-state index contributed by atoms with van der Waals surface area (Å²) < 4.78 is 1.10. The molecule has 2 N–H and O–H groups in total. The summed E-state index contributed by atoms with van der Waals surface area (Å²) >= 11 is 3.40. The van der Waals surface area contributed by atoms with Gasteiger partial charge in [-0.3, -0.25) is 0 Å². The second-order valence-corrected chi connectivity index (χ2v) is 4.70. The highest BCUT2D eigenvalue weighted by Crippen LogP contribution is 2.20. The number of nitrogens with two attached hydrogens (primary N) is 1. The van der Waals surface area contributed by atoms with Crippen molar-refractivity contribution >= 4 is 28.3 Å². The molecule has 0 amide bonds. The Bertz CT molecular complexity index is 258. The fraction of sp³-hybridized carbons (Fsp3) is 0.455. The lowest BCUT2D eigenvalue weighted by Gasteiger charge is -2.14. The van der Waals surface area contributed by atoms with Crippen molar-refractivity contribution < 1.29 is 0 Å². The molecule has 0 unspecified atom stereocenters. The summed E-state index contributed by atoms with van der Waals surface area (Å²) in [6, 6.07) is 8.41. The van der Waals surface area contributed by atoms with Crippen molar-refractivity contribution in [2.45, 2.75) is 26.3 Å². The number of halogens is 2. The van der Waals surface area contributed by atoms with E-state index in [1.807, 2.05) is 12.1 Å². The molecule has 80 valence electrons. The minimum Gasteiger partial charge on any atom is -0.324 e. The number of hydrogen-bond donors (Lipinski definition) is 1. The second kappa shape index (κ2) is 6.44. The molecule has 0 fully saturated rings. The van der Waals surface area contributed by atoms with Crippen LogP contribution in [0.2, 0.25) is 0 Å². The molecule has 0 heterocycles. The highest BCUT2D eigenvalue weighted by Gasteiger charge is 2.07. The molecule has 0 aliphatic rings. The third kappa shape index (κ3) is 4.45. The summed E-state index contributed by atoms with van der Waals surface area (Å²) in [5, 5.41) is 0. The highest BCUT2D eigenvalue weighted by molar-refractivity contribution is 9.10. The van der Waals surface area contributed by atoms with Crippen molar-refractivity contribution in [1.29, 1.82) is 0 Å². The van der Waals surface area contributed by atoms with Gasteiger partial charge in [-0.15, -0.1) is 12.4 Å². The van der Waals surface area contributed by atoms with Crippen molar-refractivity contribution in [3.05, 3.63) is 34.3 Å². The van der Waals surface area contributed by atoms with E-state index in [0.29, 0.717) is 5.92 Å². The molecule has 0 aliphatic heterocycles. The van der Waals surface area contributed by atoms with Gasteiger partial charge in [-0.1, -0.05) is 41.9 Å². The molecule has 0 spiro atoms. The number of benzene rings is 1. The monoisotopic (exact) mass is 277 g/mol. The molecule has 0 aliphatic carbocycles. The SMILES string of the molecule is CC(C)C[C@H](N)c1ccc(Br)cc1.Cl. The third-order valence-electron chi connectivity index (χ3n) is 2.02. The van der Waals surface area contributed by atoms with Gasteiger partial charge in [0.25, 0.3) is 0 Å². The van der Waals surface area contributed by atoms with Crippen LogP contribution >= 0.6 is 28.3 Å². The molecule has 0 bridgehead atoms. The van der Waals surface area contributed by atoms with Gasteiger partial charge < -0.3 is 5.73 Å². The van der Waals surface area contributed by atoms with Crippen molar-refractivity contribution in [2.24, 2.45) is 11.7 Å². The topological polar surface area (TPSA) is 26.0 Å². The molecule has 0 aromatic heterocycles. The lowest BCUT2D eigenvalue weighted by Crippen LogP contribution is -2.12. The summed E-state index contributed by atoms with van der Waals surface area (Å²) in [4.78, 5) is 0. The van der Waals surface area contributed by atoms with Gasteiger partial charge in [-0.05, 0) is 30.0 Å². The maximum atomic E-state index is 6.03. The Hall–Kier alpha value is -0.0500. The van der Waals surface area contributed by atoms with Gasteiger partial charge in [-0.25, -0.2) is 0 Å².